The maximum absolute atomic E-state index is 12.0. The second kappa shape index (κ2) is 6.61. The molecule has 18 heavy (non-hydrogen) atoms. The second-order valence-corrected chi connectivity index (χ2v) is 5.15. The molecular formula is C13H24N2O3. The molecule has 0 aromatic rings. The van der Waals surface area contributed by atoms with Crippen molar-refractivity contribution in [3.05, 3.63) is 0 Å². The summed E-state index contributed by atoms with van der Waals surface area (Å²) in [7, 11) is 0. The number of hydrogen-bond acceptors (Lipinski definition) is 2. The molecule has 0 aliphatic heterocycles. The molecule has 1 aliphatic rings. The average molecular weight is 256 g/mol. The van der Waals surface area contributed by atoms with Gasteiger partial charge in [0.15, 0.2) is 0 Å². The number of hydrogen-bond donors (Lipinski definition) is 2. The van der Waals surface area contributed by atoms with Crippen molar-refractivity contribution in [2.45, 2.75) is 46.1 Å². The predicted octanol–water partition coefficient (Wildman–Crippen LogP) is 1.93. The van der Waals surface area contributed by atoms with Crippen molar-refractivity contribution in [1.29, 1.82) is 0 Å². The van der Waals surface area contributed by atoms with Gasteiger partial charge < -0.3 is 15.3 Å². The van der Waals surface area contributed by atoms with E-state index in [9.17, 15) is 9.59 Å². The summed E-state index contributed by atoms with van der Waals surface area (Å²) in [6, 6.07) is -0.972. The highest BCUT2D eigenvalue weighted by Gasteiger charge is 2.37. The number of amides is 2. The molecule has 0 aromatic heterocycles. The average Bonchev–Trinajstić information content (AvgIpc) is 3.15. The Kier molecular flexibility index (Phi) is 5.44. The van der Waals surface area contributed by atoms with Crippen LogP contribution in [0.1, 0.15) is 40.0 Å². The summed E-state index contributed by atoms with van der Waals surface area (Å²) < 4.78 is 0. The van der Waals surface area contributed by atoms with Crippen LogP contribution >= 0.6 is 0 Å². The van der Waals surface area contributed by atoms with E-state index in [0.717, 1.165) is 19.3 Å². The fourth-order valence-corrected chi connectivity index (χ4v) is 1.90. The second-order valence-electron chi connectivity index (χ2n) is 5.15. The molecule has 104 valence electrons. The Labute approximate surface area is 109 Å². The Bertz CT molecular complexity index is 303. The van der Waals surface area contributed by atoms with E-state index in [2.05, 4.69) is 19.2 Å². The molecule has 0 bridgehead atoms. The maximum atomic E-state index is 12.0. The third-order valence-corrected chi connectivity index (χ3v) is 3.54. The molecule has 0 heterocycles. The highest BCUT2D eigenvalue weighted by Crippen LogP contribution is 2.32. The molecule has 0 aromatic carbocycles. The molecule has 5 heteroatoms. The quantitative estimate of drug-likeness (QED) is 0.731. The van der Waals surface area contributed by atoms with Crippen LogP contribution in [0.5, 0.6) is 0 Å². The van der Waals surface area contributed by atoms with Gasteiger partial charge in [0.25, 0.3) is 0 Å². The number of aliphatic carboxylic acids is 1. The zero-order chi connectivity index (χ0) is 13.7. The fourth-order valence-electron chi connectivity index (χ4n) is 1.90. The van der Waals surface area contributed by atoms with Crippen LogP contribution in [-0.4, -0.2) is 41.1 Å². The molecule has 2 unspecified atom stereocenters. The minimum Gasteiger partial charge on any atom is -0.480 e. The maximum Gasteiger partial charge on any atom is 0.326 e. The zero-order valence-electron chi connectivity index (χ0n) is 11.5. The van der Waals surface area contributed by atoms with Gasteiger partial charge >= 0.3 is 12.0 Å². The Balaban J connectivity index is 2.52. The van der Waals surface area contributed by atoms with Crippen LogP contribution in [0, 0.1) is 11.8 Å². The van der Waals surface area contributed by atoms with Gasteiger partial charge in [0.1, 0.15) is 6.04 Å². The van der Waals surface area contributed by atoms with Crippen molar-refractivity contribution in [3.8, 4) is 0 Å². The van der Waals surface area contributed by atoms with E-state index in [-0.39, 0.29) is 11.9 Å². The number of carboxylic acids is 1. The number of nitrogens with zero attached hydrogens (tertiary/aromatic N) is 1. The molecule has 1 saturated carbocycles. The number of carboxylic acid groups (broad SMARTS) is 1. The number of nitrogens with one attached hydrogen (secondary N) is 1. The van der Waals surface area contributed by atoms with Crippen LogP contribution in [0.25, 0.3) is 0 Å². The fraction of sp³-hybridized carbons (Fsp3) is 0.846. The molecule has 0 spiro atoms. The van der Waals surface area contributed by atoms with Crippen LogP contribution in [0.2, 0.25) is 0 Å². The lowest BCUT2D eigenvalue weighted by Crippen LogP contribution is -2.49. The highest BCUT2D eigenvalue weighted by molar-refractivity contribution is 5.83. The van der Waals surface area contributed by atoms with Crippen molar-refractivity contribution in [3.63, 3.8) is 0 Å². The number of rotatable bonds is 7. The van der Waals surface area contributed by atoms with E-state index in [1.807, 2.05) is 6.92 Å². The van der Waals surface area contributed by atoms with Crippen molar-refractivity contribution in [2.75, 3.05) is 13.1 Å². The smallest absolute Gasteiger partial charge is 0.326 e. The molecule has 5 nitrogen and oxygen atoms in total. The first kappa shape index (κ1) is 14.8. The largest absolute Gasteiger partial charge is 0.480 e. The van der Waals surface area contributed by atoms with Crippen LogP contribution in [0.4, 0.5) is 4.79 Å². The summed E-state index contributed by atoms with van der Waals surface area (Å²) in [5, 5.41) is 11.7. The van der Waals surface area contributed by atoms with Crippen molar-refractivity contribution < 1.29 is 14.7 Å². The first-order chi connectivity index (χ1) is 8.49. The summed E-state index contributed by atoms with van der Waals surface area (Å²) in [6.07, 6.45) is 2.80. The zero-order valence-corrected chi connectivity index (χ0v) is 11.5. The summed E-state index contributed by atoms with van der Waals surface area (Å²) in [6.45, 7) is 7.37. The molecule has 0 saturated heterocycles. The molecule has 2 atom stereocenters. The Morgan fingerprint density at radius 1 is 1.39 bits per heavy atom. The standard InChI is InChI=1S/C13H24N2O3/c1-4-9(3)8-15(5-2)13(18)14-11(12(16)17)10-6-7-10/h9-11H,4-8H2,1-3H3,(H,14,18)(H,16,17). The Morgan fingerprint density at radius 3 is 2.39 bits per heavy atom. The predicted molar refractivity (Wildman–Crippen MR) is 69.4 cm³/mol. The Morgan fingerprint density at radius 2 is 2.00 bits per heavy atom. The molecule has 1 fully saturated rings. The van der Waals surface area contributed by atoms with Gasteiger partial charge in [0, 0.05) is 13.1 Å². The monoisotopic (exact) mass is 256 g/mol. The van der Waals surface area contributed by atoms with E-state index in [1.54, 1.807) is 4.90 Å². The number of carbonyl (C=O) groups is 2. The van der Waals surface area contributed by atoms with E-state index in [4.69, 9.17) is 5.11 Å². The summed E-state index contributed by atoms with van der Waals surface area (Å²) in [5.74, 6) is -0.376. The summed E-state index contributed by atoms with van der Waals surface area (Å²) >= 11 is 0. The van der Waals surface area contributed by atoms with Gasteiger partial charge in [-0.05, 0) is 31.6 Å². The first-order valence-electron chi connectivity index (χ1n) is 6.77. The van der Waals surface area contributed by atoms with Gasteiger partial charge in [-0.3, -0.25) is 0 Å². The molecule has 1 rings (SSSR count). The van der Waals surface area contributed by atoms with Crippen LogP contribution in [0.3, 0.4) is 0 Å². The lowest BCUT2D eigenvalue weighted by atomic mass is 10.1. The van der Waals surface area contributed by atoms with E-state index < -0.39 is 12.0 Å². The molecular weight excluding hydrogens is 232 g/mol. The highest BCUT2D eigenvalue weighted by atomic mass is 16.4. The molecule has 0 radical (unpaired) electrons. The lowest BCUT2D eigenvalue weighted by molar-refractivity contribution is -0.139. The topological polar surface area (TPSA) is 69.6 Å². The van der Waals surface area contributed by atoms with E-state index in [0.29, 0.717) is 19.0 Å². The molecule has 2 amide bonds. The van der Waals surface area contributed by atoms with Gasteiger partial charge in [0.05, 0.1) is 0 Å². The molecule has 2 N–H and O–H groups in total. The summed E-state index contributed by atoms with van der Waals surface area (Å²) in [5.41, 5.74) is 0. The van der Waals surface area contributed by atoms with Crippen LogP contribution < -0.4 is 5.32 Å². The third kappa shape index (κ3) is 4.20. The lowest BCUT2D eigenvalue weighted by Gasteiger charge is -2.26. The minimum atomic E-state index is -0.926. The van der Waals surface area contributed by atoms with Crippen molar-refractivity contribution in [2.24, 2.45) is 11.8 Å². The van der Waals surface area contributed by atoms with Gasteiger partial charge in [-0.2, -0.15) is 0 Å². The Hall–Kier alpha value is -1.26. The number of carbonyl (C=O) groups excluding carboxylic acids is 1. The van der Waals surface area contributed by atoms with Crippen molar-refractivity contribution >= 4 is 12.0 Å². The SMILES string of the molecule is CCC(C)CN(CC)C(=O)NC(C(=O)O)C1CC1. The minimum absolute atomic E-state index is 0.119. The first-order valence-corrected chi connectivity index (χ1v) is 6.77. The normalized spacial score (nSPS) is 17.9. The van der Waals surface area contributed by atoms with E-state index >= 15 is 0 Å². The van der Waals surface area contributed by atoms with Crippen molar-refractivity contribution in [1.82, 2.24) is 10.2 Å². The third-order valence-electron chi connectivity index (χ3n) is 3.54. The van der Waals surface area contributed by atoms with Gasteiger partial charge in [-0.15, -0.1) is 0 Å². The van der Waals surface area contributed by atoms with Gasteiger partial charge in [-0.1, -0.05) is 20.3 Å². The van der Waals surface area contributed by atoms with Gasteiger partial charge in [0.2, 0.25) is 0 Å². The van der Waals surface area contributed by atoms with E-state index in [1.165, 1.54) is 0 Å². The van der Waals surface area contributed by atoms with Gasteiger partial charge in [-0.25, -0.2) is 9.59 Å². The van der Waals surface area contributed by atoms with Crippen LogP contribution in [-0.2, 0) is 4.79 Å². The molecule has 1 aliphatic carbocycles. The number of urea groups is 1. The summed E-state index contributed by atoms with van der Waals surface area (Å²) in [4.78, 5) is 24.8. The van der Waals surface area contributed by atoms with Crippen LogP contribution in [0.15, 0.2) is 0 Å².